The molecule has 3 aromatic carbocycles. The van der Waals surface area contributed by atoms with Gasteiger partial charge in [-0.1, -0.05) is 29.8 Å². The monoisotopic (exact) mass is 425 g/mol. The number of nitro benzene ring substituents is 1. The molecular formula is C22H20ClN3O4. The van der Waals surface area contributed by atoms with Gasteiger partial charge in [-0.2, -0.15) is 5.10 Å². The maximum absolute atomic E-state index is 10.7. The minimum atomic E-state index is -0.447. The standard InChI is InChI=1S/C22H20ClN3O4/c1-2-29-22-13-16(14-24-25-18-8-10-19(11-9-18)26(27)28)7-12-21(22)30-15-17-5-3-4-6-20(17)23/h3-14,25H,2,15H2,1H3/b24-14+. The summed E-state index contributed by atoms with van der Waals surface area (Å²) in [7, 11) is 0. The van der Waals surface area contributed by atoms with Gasteiger partial charge in [-0.15, -0.1) is 0 Å². The van der Waals surface area contributed by atoms with Gasteiger partial charge in [0, 0.05) is 22.7 Å². The molecule has 154 valence electrons. The van der Waals surface area contributed by atoms with E-state index in [2.05, 4.69) is 10.5 Å². The number of nitro groups is 1. The summed E-state index contributed by atoms with van der Waals surface area (Å²) in [6, 6.07) is 19.0. The van der Waals surface area contributed by atoms with Gasteiger partial charge in [-0.05, 0) is 48.9 Å². The number of anilines is 1. The van der Waals surface area contributed by atoms with Crippen LogP contribution in [0.4, 0.5) is 11.4 Å². The highest BCUT2D eigenvalue weighted by molar-refractivity contribution is 6.31. The molecule has 0 atom stereocenters. The van der Waals surface area contributed by atoms with Gasteiger partial charge in [0.25, 0.3) is 5.69 Å². The average molecular weight is 426 g/mol. The Balaban J connectivity index is 1.67. The van der Waals surface area contributed by atoms with E-state index in [4.69, 9.17) is 21.1 Å². The van der Waals surface area contributed by atoms with Crippen molar-refractivity contribution < 1.29 is 14.4 Å². The van der Waals surface area contributed by atoms with Gasteiger partial charge in [-0.25, -0.2) is 0 Å². The zero-order valence-corrected chi connectivity index (χ0v) is 17.0. The minimum absolute atomic E-state index is 0.0262. The third-order valence-corrected chi connectivity index (χ3v) is 4.46. The van der Waals surface area contributed by atoms with E-state index in [1.54, 1.807) is 18.3 Å². The number of benzene rings is 3. The molecule has 8 heteroatoms. The third kappa shape index (κ3) is 5.71. The Hall–Kier alpha value is -3.58. The van der Waals surface area contributed by atoms with Gasteiger partial charge in [0.1, 0.15) is 6.61 Å². The number of nitrogens with one attached hydrogen (secondary N) is 1. The second kappa shape index (κ2) is 10.3. The van der Waals surface area contributed by atoms with E-state index in [1.807, 2.05) is 49.4 Å². The van der Waals surface area contributed by atoms with Crippen molar-refractivity contribution in [1.82, 2.24) is 0 Å². The number of non-ortho nitro benzene ring substituents is 1. The van der Waals surface area contributed by atoms with Gasteiger partial charge in [0.2, 0.25) is 0 Å². The molecule has 30 heavy (non-hydrogen) atoms. The Labute approximate surface area is 179 Å². The molecule has 3 aromatic rings. The first-order chi connectivity index (χ1) is 14.6. The lowest BCUT2D eigenvalue weighted by Gasteiger charge is -2.13. The molecule has 0 aromatic heterocycles. The highest BCUT2D eigenvalue weighted by Crippen LogP contribution is 2.29. The number of nitrogens with zero attached hydrogens (tertiary/aromatic N) is 2. The number of halogens is 1. The van der Waals surface area contributed by atoms with E-state index in [9.17, 15) is 10.1 Å². The highest BCUT2D eigenvalue weighted by Gasteiger charge is 2.08. The summed E-state index contributed by atoms with van der Waals surface area (Å²) in [5.74, 6) is 1.21. The molecule has 0 aliphatic rings. The fourth-order valence-corrected chi connectivity index (χ4v) is 2.79. The summed E-state index contributed by atoms with van der Waals surface area (Å²) in [6.45, 7) is 2.72. The molecule has 0 spiro atoms. The summed E-state index contributed by atoms with van der Waals surface area (Å²) < 4.78 is 11.6. The lowest BCUT2D eigenvalue weighted by Crippen LogP contribution is -2.01. The number of hydrogen-bond donors (Lipinski definition) is 1. The van der Waals surface area contributed by atoms with Crippen LogP contribution < -0.4 is 14.9 Å². The topological polar surface area (TPSA) is 86.0 Å². The molecule has 0 saturated heterocycles. The van der Waals surface area contributed by atoms with Crippen molar-refractivity contribution in [1.29, 1.82) is 0 Å². The zero-order chi connectivity index (χ0) is 21.3. The summed E-state index contributed by atoms with van der Waals surface area (Å²) in [5.41, 5.74) is 5.20. The highest BCUT2D eigenvalue weighted by atomic mass is 35.5. The average Bonchev–Trinajstić information content (AvgIpc) is 2.75. The molecule has 0 unspecified atom stereocenters. The van der Waals surface area contributed by atoms with Crippen molar-refractivity contribution in [3.8, 4) is 11.5 Å². The summed E-state index contributed by atoms with van der Waals surface area (Å²) in [4.78, 5) is 10.2. The number of rotatable bonds is 9. The maximum Gasteiger partial charge on any atom is 0.269 e. The minimum Gasteiger partial charge on any atom is -0.490 e. The van der Waals surface area contributed by atoms with E-state index in [-0.39, 0.29) is 5.69 Å². The van der Waals surface area contributed by atoms with Crippen molar-refractivity contribution in [3.63, 3.8) is 0 Å². The number of hydrogen-bond acceptors (Lipinski definition) is 6. The molecule has 7 nitrogen and oxygen atoms in total. The van der Waals surface area contributed by atoms with Crippen LogP contribution in [0.3, 0.4) is 0 Å². The molecule has 0 heterocycles. The van der Waals surface area contributed by atoms with Crippen molar-refractivity contribution >= 4 is 29.2 Å². The van der Waals surface area contributed by atoms with Crippen LogP contribution in [0.5, 0.6) is 11.5 Å². The van der Waals surface area contributed by atoms with Crippen LogP contribution in [0.2, 0.25) is 5.02 Å². The smallest absolute Gasteiger partial charge is 0.269 e. The van der Waals surface area contributed by atoms with Gasteiger partial charge in [-0.3, -0.25) is 15.5 Å². The van der Waals surface area contributed by atoms with Crippen molar-refractivity contribution in [3.05, 3.63) is 93.0 Å². The second-order valence-electron chi connectivity index (χ2n) is 6.19. The van der Waals surface area contributed by atoms with Crippen molar-refractivity contribution in [2.75, 3.05) is 12.0 Å². The summed E-state index contributed by atoms with van der Waals surface area (Å²) in [5, 5.41) is 15.5. The van der Waals surface area contributed by atoms with E-state index in [1.165, 1.54) is 12.1 Å². The van der Waals surface area contributed by atoms with Crippen molar-refractivity contribution in [2.45, 2.75) is 13.5 Å². The number of hydrazone groups is 1. The molecule has 1 N–H and O–H groups in total. The number of ether oxygens (including phenoxy) is 2. The Kier molecular flexibility index (Phi) is 7.24. The van der Waals surface area contributed by atoms with Crippen LogP contribution in [0, 0.1) is 10.1 Å². The second-order valence-corrected chi connectivity index (χ2v) is 6.60. The molecule has 0 aliphatic heterocycles. The Morgan fingerprint density at radius 3 is 2.53 bits per heavy atom. The van der Waals surface area contributed by atoms with E-state index in [0.29, 0.717) is 35.4 Å². The first kappa shape index (κ1) is 21.1. The Bertz CT molecular complexity index is 1040. The van der Waals surface area contributed by atoms with E-state index >= 15 is 0 Å². The van der Waals surface area contributed by atoms with Crippen molar-refractivity contribution in [2.24, 2.45) is 5.10 Å². The molecule has 0 radical (unpaired) electrons. The first-order valence-electron chi connectivity index (χ1n) is 9.23. The largest absolute Gasteiger partial charge is 0.490 e. The van der Waals surface area contributed by atoms with Crippen LogP contribution in [0.1, 0.15) is 18.1 Å². The fraction of sp³-hybridized carbons (Fsp3) is 0.136. The molecule has 0 saturated carbocycles. The molecular weight excluding hydrogens is 406 g/mol. The maximum atomic E-state index is 10.7. The Morgan fingerprint density at radius 1 is 1.07 bits per heavy atom. The predicted octanol–water partition coefficient (Wildman–Crippen LogP) is 5.67. The lowest BCUT2D eigenvalue weighted by molar-refractivity contribution is -0.384. The van der Waals surface area contributed by atoms with Crippen LogP contribution >= 0.6 is 11.6 Å². The molecule has 0 fully saturated rings. The molecule has 3 rings (SSSR count). The van der Waals surface area contributed by atoms with Crippen LogP contribution in [-0.4, -0.2) is 17.7 Å². The van der Waals surface area contributed by atoms with Crippen LogP contribution in [0.15, 0.2) is 71.8 Å². The normalized spacial score (nSPS) is 10.7. The SMILES string of the molecule is CCOc1cc(/C=N/Nc2ccc([N+](=O)[O-])cc2)ccc1OCc1ccccc1Cl. The van der Waals surface area contributed by atoms with Gasteiger partial charge >= 0.3 is 0 Å². The lowest BCUT2D eigenvalue weighted by atomic mass is 10.2. The van der Waals surface area contributed by atoms with Crippen LogP contribution in [0.25, 0.3) is 0 Å². The summed E-state index contributed by atoms with van der Waals surface area (Å²) in [6.07, 6.45) is 1.63. The van der Waals surface area contributed by atoms with E-state index in [0.717, 1.165) is 11.1 Å². The van der Waals surface area contributed by atoms with Gasteiger partial charge in [0.15, 0.2) is 11.5 Å². The Morgan fingerprint density at radius 2 is 1.83 bits per heavy atom. The molecule has 0 bridgehead atoms. The summed E-state index contributed by atoms with van der Waals surface area (Å²) >= 11 is 6.18. The predicted molar refractivity (Wildman–Crippen MR) is 118 cm³/mol. The van der Waals surface area contributed by atoms with Crippen LogP contribution in [-0.2, 0) is 6.61 Å². The molecule has 0 amide bonds. The van der Waals surface area contributed by atoms with Gasteiger partial charge in [0.05, 0.1) is 23.4 Å². The quantitative estimate of drug-likeness (QED) is 0.271. The zero-order valence-electron chi connectivity index (χ0n) is 16.2. The van der Waals surface area contributed by atoms with E-state index < -0.39 is 4.92 Å². The first-order valence-corrected chi connectivity index (χ1v) is 9.61. The third-order valence-electron chi connectivity index (χ3n) is 4.09. The fourth-order valence-electron chi connectivity index (χ4n) is 2.60. The van der Waals surface area contributed by atoms with Gasteiger partial charge < -0.3 is 9.47 Å². The molecule has 0 aliphatic carbocycles.